The lowest BCUT2D eigenvalue weighted by atomic mass is 10.1. The molecule has 0 unspecified atom stereocenters. The molecule has 4 aromatic rings. The molecular formula is C22H20. The first-order chi connectivity index (χ1) is 10.7. The van der Waals surface area contributed by atoms with Gasteiger partial charge in [-0.25, -0.2) is 0 Å². The molecular weight excluding hydrogens is 264 g/mol. The summed E-state index contributed by atoms with van der Waals surface area (Å²) in [6.45, 7) is 4.25. The molecule has 0 saturated carbocycles. The molecule has 0 spiro atoms. The number of aryl methyl sites for hydroxylation is 2. The first kappa shape index (κ1) is 14.3. The third-order valence-corrected chi connectivity index (χ3v) is 3.81. The van der Waals surface area contributed by atoms with Crippen molar-refractivity contribution in [1.29, 1.82) is 0 Å². The Kier molecular flexibility index (Phi) is 4.20. The molecule has 4 rings (SSSR count). The van der Waals surface area contributed by atoms with E-state index in [1.165, 1.54) is 32.7 Å². The van der Waals surface area contributed by atoms with Gasteiger partial charge < -0.3 is 0 Å². The second-order valence-electron chi connectivity index (χ2n) is 5.70. The van der Waals surface area contributed by atoms with Crippen molar-refractivity contribution in [3.63, 3.8) is 0 Å². The van der Waals surface area contributed by atoms with Crippen LogP contribution in [0.3, 0.4) is 0 Å². The number of hydrogen-bond donors (Lipinski definition) is 0. The van der Waals surface area contributed by atoms with E-state index in [-0.39, 0.29) is 0 Å². The highest BCUT2D eigenvalue weighted by molar-refractivity contribution is 5.83. The number of hydrogen-bond acceptors (Lipinski definition) is 0. The second-order valence-corrected chi connectivity index (χ2v) is 5.70. The monoisotopic (exact) mass is 284 g/mol. The van der Waals surface area contributed by atoms with Crippen molar-refractivity contribution in [3.05, 3.63) is 96.1 Å². The molecule has 108 valence electrons. The van der Waals surface area contributed by atoms with E-state index in [0.29, 0.717) is 0 Å². The Labute approximate surface area is 132 Å². The molecule has 4 aromatic carbocycles. The normalized spacial score (nSPS) is 10.3. The molecule has 0 aliphatic heterocycles. The van der Waals surface area contributed by atoms with E-state index >= 15 is 0 Å². The second kappa shape index (κ2) is 6.44. The fourth-order valence-electron chi connectivity index (χ4n) is 2.62. The minimum atomic E-state index is 1.31. The van der Waals surface area contributed by atoms with Crippen molar-refractivity contribution in [2.45, 2.75) is 13.8 Å². The van der Waals surface area contributed by atoms with Gasteiger partial charge in [-0.05, 0) is 35.4 Å². The SMILES string of the molecule is Cc1ccc2cc(C)ccc2c1.c1ccc2ccccc2c1. The van der Waals surface area contributed by atoms with Gasteiger partial charge in [-0.15, -0.1) is 0 Å². The number of benzene rings is 4. The van der Waals surface area contributed by atoms with E-state index in [1.807, 2.05) is 0 Å². The Bertz CT molecular complexity index is 797. The smallest absolute Gasteiger partial charge is 0.0181 e. The summed E-state index contributed by atoms with van der Waals surface area (Å²) in [5.74, 6) is 0. The van der Waals surface area contributed by atoms with E-state index in [2.05, 4.69) is 98.8 Å². The van der Waals surface area contributed by atoms with E-state index in [4.69, 9.17) is 0 Å². The summed E-state index contributed by atoms with van der Waals surface area (Å²) in [6.07, 6.45) is 0. The third kappa shape index (κ3) is 3.35. The molecule has 0 aliphatic rings. The molecule has 0 fully saturated rings. The van der Waals surface area contributed by atoms with Crippen LogP contribution in [-0.4, -0.2) is 0 Å². The zero-order chi connectivity index (χ0) is 15.4. The summed E-state index contributed by atoms with van der Waals surface area (Å²) in [5.41, 5.74) is 2.65. The third-order valence-electron chi connectivity index (χ3n) is 3.81. The molecule has 22 heavy (non-hydrogen) atoms. The Morgan fingerprint density at radius 1 is 0.409 bits per heavy atom. The molecule has 0 atom stereocenters. The van der Waals surface area contributed by atoms with Crippen LogP contribution in [0.2, 0.25) is 0 Å². The highest BCUT2D eigenvalue weighted by Gasteiger charge is 1.92. The highest BCUT2D eigenvalue weighted by atomic mass is 14.0. The molecule has 0 radical (unpaired) electrons. The fourth-order valence-corrected chi connectivity index (χ4v) is 2.62. The van der Waals surface area contributed by atoms with Crippen molar-refractivity contribution in [2.24, 2.45) is 0 Å². The lowest BCUT2D eigenvalue weighted by molar-refractivity contribution is 1.47. The molecule has 0 heterocycles. The van der Waals surface area contributed by atoms with E-state index < -0.39 is 0 Å². The highest BCUT2D eigenvalue weighted by Crippen LogP contribution is 2.16. The Balaban J connectivity index is 0.000000133. The molecule has 0 aromatic heterocycles. The van der Waals surface area contributed by atoms with Crippen molar-refractivity contribution >= 4 is 21.5 Å². The van der Waals surface area contributed by atoms with Crippen LogP contribution in [0.5, 0.6) is 0 Å². The largest absolute Gasteiger partial charge is 0.0616 e. The van der Waals surface area contributed by atoms with Gasteiger partial charge in [0.2, 0.25) is 0 Å². The molecule has 0 bridgehead atoms. The molecule has 0 amide bonds. The van der Waals surface area contributed by atoms with E-state index in [0.717, 1.165) is 0 Å². The Morgan fingerprint density at radius 3 is 1.14 bits per heavy atom. The summed E-state index contributed by atoms with van der Waals surface area (Å²) < 4.78 is 0. The minimum Gasteiger partial charge on any atom is -0.0616 e. The quantitative estimate of drug-likeness (QED) is 0.355. The van der Waals surface area contributed by atoms with Gasteiger partial charge in [-0.2, -0.15) is 0 Å². The van der Waals surface area contributed by atoms with Gasteiger partial charge in [0.15, 0.2) is 0 Å². The van der Waals surface area contributed by atoms with Crippen LogP contribution >= 0.6 is 0 Å². The summed E-state index contributed by atoms with van der Waals surface area (Å²) in [5, 5.41) is 5.29. The van der Waals surface area contributed by atoms with Crippen molar-refractivity contribution in [1.82, 2.24) is 0 Å². The molecule has 0 nitrogen and oxygen atoms in total. The first-order valence-electron chi connectivity index (χ1n) is 7.63. The van der Waals surface area contributed by atoms with Gasteiger partial charge in [0.1, 0.15) is 0 Å². The molecule has 0 aliphatic carbocycles. The molecule has 0 heteroatoms. The lowest BCUT2D eigenvalue weighted by Gasteiger charge is -1.99. The van der Waals surface area contributed by atoms with Crippen LogP contribution in [0.25, 0.3) is 21.5 Å². The maximum atomic E-state index is 2.22. The van der Waals surface area contributed by atoms with Crippen LogP contribution in [0.1, 0.15) is 11.1 Å². The predicted molar refractivity (Wildman–Crippen MR) is 97.4 cm³/mol. The van der Waals surface area contributed by atoms with Gasteiger partial charge in [0.25, 0.3) is 0 Å². The topological polar surface area (TPSA) is 0 Å². The zero-order valence-electron chi connectivity index (χ0n) is 13.1. The average molecular weight is 284 g/mol. The fraction of sp³-hybridized carbons (Fsp3) is 0.0909. The van der Waals surface area contributed by atoms with Crippen LogP contribution < -0.4 is 0 Å². The van der Waals surface area contributed by atoms with Crippen LogP contribution in [0.4, 0.5) is 0 Å². The zero-order valence-corrected chi connectivity index (χ0v) is 13.1. The van der Waals surface area contributed by atoms with E-state index in [9.17, 15) is 0 Å². The lowest BCUT2D eigenvalue weighted by Crippen LogP contribution is -1.76. The summed E-state index contributed by atoms with van der Waals surface area (Å²) in [7, 11) is 0. The van der Waals surface area contributed by atoms with Gasteiger partial charge >= 0.3 is 0 Å². The van der Waals surface area contributed by atoms with Gasteiger partial charge in [0, 0.05) is 0 Å². The van der Waals surface area contributed by atoms with E-state index in [1.54, 1.807) is 0 Å². The summed E-state index contributed by atoms with van der Waals surface area (Å²) >= 11 is 0. The predicted octanol–water partition coefficient (Wildman–Crippen LogP) is 6.30. The van der Waals surface area contributed by atoms with Gasteiger partial charge in [-0.3, -0.25) is 0 Å². The van der Waals surface area contributed by atoms with Crippen LogP contribution in [0, 0.1) is 13.8 Å². The maximum absolute atomic E-state index is 2.22. The van der Waals surface area contributed by atoms with Crippen LogP contribution in [0.15, 0.2) is 84.9 Å². The number of fused-ring (bicyclic) bond motifs is 2. The Morgan fingerprint density at radius 2 is 0.773 bits per heavy atom. The van der Waals surface area contributed by atoms with Crippen LogP contribution in [-0.2, 0) is 0 Å². The van der Waals surface area contributed by atoms with Crippen molar-refractivity contribution in [2.75, 3.05) is 0 Å². The van der Waals surface area contributed by atoms with Crippen molar-refractivity contribution < 1.29 is 0 Å². The number of rotatable bonds is 0. The molecule has 0 N–H and O–H groups in total. The standard InChI is InChI=1S/C12H12.C10H8/c1-9-3-5-12-8-10(2)4-6-11(12)7-9;1-2-6-10-8-4-3-7-9(10)5-1/h3-8H,1-2H3;1-8H. The first-order valence-corrected chi connectivity index (χ1v) is 7.63. The van der Waals surface area contributed by atoms with Gasteiger partial charge in [-0.1, -0.05) is 96.1 Å². The average Bonchev–Trinajstić information content (AvgIpc) is 2.56. The minimum absolute atomic E-state index is 1.31. The van der Waals surface area contributed by atoms with Gasteiger partial charge in [0.05, 0.1) is 0 Å². The summed E-state index contributed by atoms with van der Waals surface area (Å²) in [4.78, 5) is 0. The Hall–Kier alpha value is -2.60. The maximum Gasteiger partial charge on any atom is -0.0181 e. The van der Waals surface area contributed by atoms with Crippen molar-refractivity contribution in [3.8, 4) is 0 Å². The summed E-state index contributed by atoms with van der Waals surface area (Å²) in [6, 6.07) is 29.8. The molecule has 0 saturated heterocycles.